The van der Waals surface area contributed by atoms with Gasteiger partial charge in [-0.3, -0.25) is 0 Å². The van der Waals surface area contributed by atoms with Gasteiger partial charge in [-0.15, -0.1) is 0 Å². The van der Waals surface area contributed by atoms with Gasteiger partial charge in [0.2, 0.25) is 0 Å². The Kier molecular flexibility index (Phi) is 3.78. The summed E-state index contributed by atoms with van der Waals surface area (Å²) in [6, 6.07) is 7.84. The van der Waals surface area contributed by atoms with Crippen molar-refractivity contribution < 1.29 is 14.6 Å². The Labute approximate surface area is 120 Å². The molecule has 2 rings (SSSR count). The molecule has 0 unspecified atom stereocenters. The van der Waals surface area contributed by atoms with Gasteiger partial charge in [-0.1, -0.05) is 31.2 Å². The van der Waals surface area contributed by atoms with Crippen molar-refractivity contribution in [2.24, 2.45) is 0 Å². The summed E-state index contributed by atoms with van der Waals surface area (Å²) in [5.41, 5.74) is 0.594. The molecule has 0 spiro atoms. The maximum atomic E-state index is 11.9. The Bertz CT molecular complexity index is 499. The molecule has 0 radical (unpaired) electrons. The molecule has 4 nitrogen and oxygen atoms in total. The van der Waals surface area contributed by atoms with Crippen molar-refractivity contribution >= 4 is 6.09 Å². The molecule has 1 aromatic carbocycles. The summed E-state index contributed by atoms with van der Waals surface area (Å²) in [5, 5.41) is 10.7. The Hall–Kier alpha value is -1.55. The molecule has 20 heavy (non-hydrogen) atoms. The van der Waals surface area contributed by atoms with Gasteiger partial charge in [0.1, 0.15) is 11.2 Å². The molecule has 0 aromatic heterocycles. The van der Waals surface area contributed by atoms with Crippen molar-refractivity contribution in [2.45, 2.75) is 45.3 Å². The maximum Gasteiger partial charge on any atom is 0.410 e. The van der Waals surface area contributed by atoms with Crippen molar-refractivity contribution in [2.75, 3.05) is 13.1 Å². The van der Waals surface area contributed by atoms with E-state index in [2.05, 4.69) is 6.92 Å². The first-order valence-corrected chi connectivity index (χ1v) is 7.04. The Balaban J connectivity index is 2.06. The second-order valence-corrected chi connectivity index (χ2v) is 6.38. The number of benzene rings is 1. The predicted octanol–water partition coefficient (Wildman–Crippen LogP) is 2.69. The lowest BCUT2D eigenvalue weighted by atomic mass is 9.83. The zero-order valence-electron chi connectivity index (χ0n) is 12.6. The minimum atomic E-state index is -0.941. The number of rotatable bonds is 2. The standard InChI is InChI=1S/C16H23NO3/c1-5-12-8-6-7-9-13(12)16(19)10-17(11-16)14(18)20-15(2,3)4/h6-9,19H,5,10-11H2,1-4H3. The SMILES string of the molecule is CCc1ccccc1C1(O)CN(C(=O)OC(C)(C)C)C1. The van der Waals surface area contributed by atoms with Crippen molar-refractivity contribution in [3.05, 3.63) is 35.4 Å². The van der Waals surface area contributed by atoms with E-state index in [1.54, 1.807) is 0 Å². The second-order valence-electron chi connectivity index (χ2n) is 6.38. The van der Waals surface area contributed by atoms with E-state index in [1.807, 2.05) is 45.0 Å². The third-order valence-electron chi connectivity index (χ3n) is 3.46. The van der Waals surface area contributed by atoms with E-state index in [1.165, 1.54) is 4.90 Å². The summed E-state index contributed by atoms with van der Waals surface area (Å²) in [7, 11) is 0. The lowest BCUT2D eigenvalue weighted by Gasteiger charge is -2.47. The zero-order valence-corrected chi connectivity index (χ0v) is 12.6. The predicted molar refractivity (Wildman–Crippen MR) is 77.5 cm³/mol. The molecule has 0 aliphatic carbocycles. The Morgan fingerprint density at radius 2 is 1.95 bits per heavy atom. The minimum absolute atomic E-state index is 0.291. The topological polar surface area (TPSA) is 49.8 Å². The van der Waals surface area contributed by atoms with Gasteiger partial charge in [-0.25, -0.2) is 4.79 Å². The van der Waals surface area contributed by atoms with Crippen LogP contribution in [0, 0.1) is 0 Å². The molecule has 1 heterocycles. The normalized spacial score (nSPS) is 17.6. The highest BCUT2D eigenvalue weighted by molar-refractivity contribution is 5.70. The molecule has 1 fully saturated rings. The van der Waals surface area contributed by atoms with Gasteiger partial charge in [-0.05, 0) is 38.3 Å². The highest BCUT2D eigenvalue weighted by Gasteiger charge is 2.47. The molecule has 1 N–H and O–H groups in total. The number of aliphatic hydroxyl groups is 1. The molecular weight excluding hydrogens is 254 g/mol. The molecule has 1 aromatic rings. The fourth-order valence-electron chi connectivity index (χ4n) is 2.49. The molecule has 0 atom stereocenters. The number of carbonyl (C=O) groups excluding carboxylic acids is 1. The highest BCUT2D eigenvalue weighted by atomic mass is 16.6. The second kappa shape index (κ2) is 5.09. The number of aryl methyl sites for hydroxylation is 1. The maximum absolute atomic E-state index is 11.9. The van der Waals surface area contributed by atoms with Crippen molar-refractivity contribution in [1.29, 1.82) is 0 Å². The first kappa shape index (κ1) is 14.9. The zero-order chi connectivity index (χ0) is 15.0. The Morgan fingerprint density at radius 3 is 2.50 bits per heavy atom. The summed E-state index contributed by atoms with van der Waals surface area (Å²) in [6.07, 6.45) is 0.501. The van der Waals surface area contributed by atoms with Crippen molar-refractivity contribution in [3.63, 3.8) is 0 Å². The van der Waals surface area contributed by atoms with Crippen LogP contribution in [0.2, 0.25) is 0 Å². The van der Waals surface area contributed by atoms with Crippen LogP contribution >= 0.6 is 0 Å². The summed E-state index contributed by atoms with van der Waals surface area (Å²) >= 11 is 0. The number of amides is 1. The van der Waals surface area contributed by atoms with E-state index in [4.69, 9.17) is 4.74 Å². The monoisotopic (exact) mass is 277 g/mol. The molecular formula is C16H23NO3. The summed E-state index contributed by atoms with van der Waals surface area (Å²) < 4.78 is 5.30. The first-order valence-electron chi connectivity index (χ1n) is 7.04. The average molecular weight is 277 g/mol. The summed E-state index contributed by atoms with van der Waals surface area (Å²) in [5.74, 6) is 0. The van der Waals surface area contributed by atoms with Gasteiger partial charge in [-0.2, -0.15) is 0 Å². The van der Waals surface area contributed by atoms with Crippen LogP contribution in [-0.2, 0) is 16.8 Å². The number of β-amino-alcohol motifs (C(OH)–C–C–N with tert-alkyl or cyclic N) is 1. The quantitative estimate of drug-likeness (QED) is 0.904. The lowest BCUT2D eigenvalue weighted by molar-refractivity contribution is -0.104. The van der Waals surface area contributed by atoms with Gasteiger partial charge >= 0.3 is 6.09 Å². The molecule has 1 aliphatic heterocycles. The fourth-order valence-corrected chi connectivity index (χ4v) is 2.49. The van der Waals surface area contributed by atoms with Gasteiger partial charge in [0.15, 0.2) is 0 Å². The van der Waals surface area contributed by atoms with E-state index in [-0.39, 0.29) is 6.09 Å². The van der Waals surface area contributed by atoms with Crippen molar-refractivity contribution in [1.82, 2.24) is 4.90 Å². The number of hydrogen-bond acceptors (Lipinski definition) is 3. The Morgan fingerprint density at radius 1 is 1.35 bits per heavy atom. The molecule has 1 amide bonds. The molecule has 0 bridgehead atoms. The van der Waals surface area contributed by atoms with Crippen LogP contribution in [0.3, 0.4) is 0 Å². The number of hydrogen-bond donors (Lipinski definition) is 1. The largest absolute Gasteiger partial charge is 0.444 e. The number of likely N-dealkylation sites (tertiary alicyclic amines) is 1. The third kappa shape index (κ3) is 2.96. The molecule has 0 saturated carbocycles. The van der Waals surface area contributed by atoms with E-state index >= 15 is 0 Å². The first-order chi connectivity index (χ1) is 9.25. The van der Waals surface area contributed by atoms with Crippen LogP contribution in [0.5, 0.6) is 0 Å². The van der Waals surface area contributed by atoms with E-state index < -0.39 is 11.2 Å². The number of carbonyl (C=O) groups is 1. The van der Waals surface area contributed by atoms with Gasteiger partial charge in [0, 0.05) is 0 Å². The molecule has 1 saturated heterocycles. The molecule has 1 aliphatic rings. The van der Waals surface area contributed by atoms with Crippen LogP contribution in [0.4, 0.5) is 4.79 Å². The van der Waals surface area contributed by atoms with Gasteiger partial charge in [0.25, 0.3) is 0 Å². The molecule has 110 valence electrons. The van der Waals surface area contributed by atoms with Crippen LogP contribution < -0.4 is 0 Å². The minimum Gasteiger partial charge on any atom is -0.444 e. The molecule has 4 heteroatoms. The summed E-state index contributed by atoms with van der Waals surface area (Å²) in [4.78, 5) is 13.4. The number of ether oxygens (including phenoxy) is 1. The fraction of sp³-hybridized carbons (Fsp3) is 0.562. The van der Waals surface area contributed by atoms with Crippen LogP contribution in [0.25, 0.3) is 0 Å². The van der Waals surface area contributed by atoms with Crippen LogP contribution in [-0.4, -0.2) is 34.8 Å². The lowest BCUT2D eigenvalue weighted by Crippen LogP contribution is -2.62. The third-order valence-corrected chi connectivity index (χ3v) is 3.46. The van der Waals surface area contributed by atoms with Gasteiger partial charge < -0.3 is 14.7 Å². The van der Waals surface area contributed by atoms with Crippen molar-refractivity contribution in [3.8, 4) is 0 Å². The highest BCUT2D eigenvalue weighted by Crippen LogP contribution is 2.34. The van der Waals surface area contributed by atoms with Crippen LogP contribution in [0.15, 0.2) is 24.3 Å². The van der Waals surface area contributed by atoms with Gasteiger partial charge in [0.05, 0.1) is 13.1 Å². The van der Waals surface area contributed by atoms with Crippen LogP contribution in [0.1, 0.15) is 38.8 Å². The summed E-state index contributed by atoms with van der Waals surface area (Å²) in [6.45, 7) is 8.15. The smallest absolute Gasteiger partial charge is 0.410 e. The van der Waals surface area contributed by atoms with E-state index in [9.17, 15) is 9.90 Å². The average Bonchev–Trinajstić information content (AvgIpc) is 2.32. The van der Waals surface area contributed by atoms with E-state index in [0.717, 1.165) is 17.5 Å². The van der Waals surface area contributed by atoms with E-state index in [0.29, 0.717) is 13.1 Å². The number of nitrogens with zero attached hydrogens (tertiary/aromatic N) is 1.